The SMILES string of the molecule is CC(C)(O)c1cn(-c2ccc(-c3ccc(CO)c(S(C)(=O)=O)c3)cc2F)c(-c2ccccc2C(F)(F)F)n1. The highest BCUT2D eigenvalue weighted by Gasteiger charge is 2.35. The molecule has 0 radical (unpaired) electrons. The van der Waals surface area contributed by atoms with Crippen LogP contribution in [-0.2, 0) is 28.2 Å². The van der Waals surface area contributed by atoms with E-state index in [1.54, 1.807) is 0 Å². The van der Waals surface area contributed by atoms with Gasteiger partial charge in [-0.25, -0.2) is 17.8 Å². The van der Waals surface area contributed by atoms with E-state index >= 15 is 4.39 Å². The molecule has 3 aromatic carbocycles. The van der Waals surface area contributed by atoms with Crippen molar-refractivity contribution in [1.82, 2.24) is 9.55 Å². The maximum atomic E-state index is 15.5. The monoisotopic (exact) mass is 548 g/mol. The molecule has 0 saturated carbocycles. The van der Waals surface area contributed by atoms with E-state index in [2.05, 4.69) is 4.98 Å². The van der Waals surface area contributed by atoms with Crippen LogP contribution in [0.25, 0.3) is 28.2 Å². The number of sulfone groups is 1. The number of benzene rings is 3. The lowest BCUT2D eigenvalue weighted by Gasteiger charge is -2.15. The molecule has 0 aliphatic rings. The summed E-state index contributed by atoms with van der Waals surface area (Å²) < 4.78 is 82.4. The Kier molecular flexibility index (Phi) is 6.98. The summed E-state index contributed by atoms with van der Waals surface area (Å²) >= 11 is 0. The van der Waals surface area contributed by atoms with E-state index in [9.17, 15) is 31.8 Å². The minimum absolute atomic E-state index is 0.0327. The first-order chi connectivity index (χ1) is 17.6. The Balaban J connectivity index is 1.90. The number of rotatable bonds is 6. The van der Waals surface area contributed by atoms with Crippen LogP contribution in [0.15, 0.2) is 71.8 Å². The van der Waals surface area contributed by atoms with Crippen LogP contribution in [0.4, 0.5) is 17.6 Å². The molecular formula is C27H24F4N2O4S. The molecule has 0 aliphatic heterocycles. The Hall–Kier alpha value is -3.54. The molecule has 2 N–H and O–H groups in total. The average molecular weight is 549 g/mol. The lowest BCUT2D eigenvalue weighted by atomic mass is 10.0. The number of aliphatic hydroxyl groups excluding tert-OH is 1. The van der Waals surface area contributed by atoms with Gasteiger partial charge >= 0.3 is 6.18 Å². The smallest absolute Gasteiger partial charge is 0.392 e. The molecule has 0 unspecified atom stereocenters. The fourth-order valence-electron chi connectivity index (χ4n) is 4.07. The van der Waals surface area contributed by atoms with E-state index in [1.807, 2.05) is 0 Å². The number of halogens is 4. The normalized spacial score (nSPS) is 12.7. The Labute approximate surface area is 216 Å². The first kappa shape index (κ1) is 27.5. The predicted molar refractivity (Wildman–Crippen MR) is 134 cm³/mol. The zero-order chi connectivity index (χ0) is 28.0. The van der Waals surface area contributed by atoms with E-state index in [-0.39, 0.29) is 33.2 Å². The first-order valence-electron chi connectivity index (χ1n) is 11.3. The van der Waals surface area contributed by atoms with Crippen LogP contribution in [0.5, 0.6) is 0 Å². The summed E-state index contributed by atoms with van der Waals surface area (Å²) in [6.07, 6.45) is -2.43. The highest BCUT2D eigenvalue weighted by molar-refractivity contribution is 7.90. The molecule has 0 saturated heterocycles. The molecule has 0 fully saturated rings. The van der Waals surface area contributed by atoms with Gasteiger partial charge in [0.15, 0.2) is 9.84 Å². The van der Waals surface area contributed by atoms with E-state index in [4.69, 9.17) is 0 Å². The Morgan fingerprint density at radius 2 is 1.61 bits per heavy atom. The fourth-order valence-corrected chi connectivity index (χ4v) is 5.02. The standard InChI is InChI=1S/C27H24F4N2O4S/c1-26(2,35)24-14-33(25(32-24)19-6-4-5-7-20(19)27(29,30)31)22-11-10-16(12-21(22)28)17-8-9-18(15-34)23(13-17)38(3,36)37/h4-14,34-35H,15H2,1-3H3. The third kappa shape index (κ3) is 5.35. The molecular weight excluding hydrogens is 524 g/mol. The van der Waals surface area contributed by atoms with E-state index in [0.717, 1.165) is 23.0 Å². The van der Waals surface area contributed by atoms with Gasteiger partial charge in [-0.3, -0.25) is 4.57 Å². The zero-order valence-electron chi connectivity index (χ0n) is 20.6. The van der Waals surface area contributed by atoms with Gasteiger partial charge < -0.3 is 10.2 Å². The summed E-state index contributed by atoms with van der Waals surface area (Å²) in [4.78, 5) is 4.14. The Morgan fingerprint density at radius 1 is 0.974 bits per heavy atom. The minimum Gasteiger partial charge on any atom is -0.392 e. The Bertz CT molecular complexity index is 1620. The molecule has 38 heavy (non-hydrogen) atoms. The van der Waals surface area contributed by atoms with Gasteiger partial charge in [0, 0.05) is 18.0 Å². The van der Waals surface area contributed by atoms with Crippen molar-refractivity contribution in [2.24, 2.45) is 0 Å². The van der Waals surface area contributed by atoms with Crippen molar-refractivity contribution < 1.29 is 36.2 Å². The number of imidazole rings is 1. The van der Waals surface area contributed by atoms with Gasteiger partial charge in [0.25, 0.3) is 0 Å². The second-order valence-corrected chi connectivity index (χ2v) is 11.3. The maximum absolute atomic E-state index is 15.5. The van der Waals surface area contributed by atoms with Crippen LogP contribution in [0.1, 0.15) is 30.7 Å². The van der Waals surface area contributed by atoms with Crippen LogP contribution >= 0.6 is 0 Å². The molecule has 6 nitrogen and oxygen atoms in total. The summed E-state index contributed by atoms with van der Waals surface area (Å²) in [6.45, 7) is 2.32. The van der Waals surface area contributed by atoms with Crippen molar-refractivity contribution in [2.75, 3.05) is 6.26 Å². The molecule has 1 aromatic heterocycles. The lowest BCUT2D eigenvalue weighted by molar-refractivity contribution is -0.137. The molecule has 11 heteroatoms. The maximum Gasteiger partial charge on any atom is 0.417 e. The van der Waals surface area contributed by atoms with Gasteiger partial charge in [-0.15, -0.1) is 0 Å². The molecule has 0 spiro atoms. The van der Waals surface area contributed by atoms with Gasteiger partial charge in [0.05, 0.1) is 28.4 Å². The molecule has 4 aromatic rings. The summed E-state index contributed by atoms with van der Waals surface area (Å²) in [7, 11) is -3.68. The third-order valence-corrected chi connectivity index (χ3v) is 7.16. The largest absolute Gasteiger partial charge is 0.417 e. The predicted octanol–water partition coefficient (Wildman–Crippen LogP) is 5.49. The van der Waals surface area contributed by atoms with Gasteiger partial charge in [0.1, 0.15) is 17.2 Å². The molecule has 0 aliphatic carbocycles. The highest BCUT2D eigenvalue weighted by Crippen LogP contribution is 2.39. The number of alkyl halides is 3. The number of hydrogen-bond acceptors (Lipinski definition) is 5. The van der Waals surface area contributed by atoms with Crippen molar-refractivity contribution in [1.29, 1.82) is 0 Å². The number of hydrogen-bond donors (Lipinski definition) is 2. The lowest BCUT2D eigenvalue weighted by Crippen LogP contribution is -2.15. The van der Waals surface area contributed by atoms with Crippen LogP contribution in [0.2, 0.25) is 0 Å². The second-order valence-electron chi connectivity index (χ2n) is 9.34. The average Bonchev–Trinajstić information content (AvgIpc) is 3.28. The van der Waals surface area contributed by atoms with Gasteiger partial charge in [-0.2, -0.15) is 13.2 Å². The summed E-state index contributed by atoms with van der Waals surface area (Å²) in [5.41, 5.74) is -2.03. The highest BCUT2D eigenvalue weighted by atomic mass is 32.2. The quantitative estimate of drug-likeness (QED) is 0.311. The minimum atomic E-state index is -4.71. The molecule has 200 valence electrons. The van der Waals surface area contributed by atoms with Crippen LogP contribution < -0.4 is 0 Å². The van der Waals surface area contributed by atoms with Gasteiger partial charge in [-0.05, 0) is 54.8 Å². The molecule has 0 amide bonds. The van der Waals surface area contributed by atoms with Crippen molar-refractivity contribution in [2.45, 2.75) is 37.1 Å². The number of aromatic nitrogens is 2. The fraction of sp³-hybridized carbons (Fsp3) is 0.222. The van der Waals surface area contributed by atoms with Crippen LogP contribution in [0.3, 0.4) is 0 Å². The summed E-state index contributed by atoms with van der Waals surface area (Å²) in [5.74, 6) is -1.03. The van der Waals surface area contributed by atoms with Crippen LogP contribution in [0, 0.1) is 5.82 Å². The van der Waals surface area contributed by atoms with Crippen molar-refractivity contribution >= 4 is 9.84 Å². The molecule has 1 heterocycles. The summed E-state index contributed by atoms with van der Waals surface area (Å²) in [6, 6.07) is 13.0. The number of aliphatic hydroxyl groups is 2. The first-order valence-corrected chi connectivity index (χ1v) is 13.2. The molecule has 0 bridgehead atoms. The summed E-state index contributed by atoms with van der Waals surface area (Å²) in [5, 5.41) is 20.0. The second kappa shape index (κ2) is 9.64. The van der Waals surface area contributed by atoms with Crippen LogP contribution in [-0.4, -0.2) is 34.4 Å². The van der Waals surface area contributed by atoms with E-state index in [1.165, 1.54) is 68.6 Å². The van der Waals surface area contributed by atoms with Gasteiger partial charge in [-0.1, -0.05) is 36.4 Å². The molecule has 4 rings (SSSR count). The van der Waals surface area contributed by atoms with E-state index in [0.29, 0.717) is 11.1 Å². The number of nitrogens with zero attached hydrogens (tertiary/aromatic N) is 2. The topological polar surface area (TPSA) is 92.4 Å². The zero-order valence-corrected chi connectivity index (χ0v) is 21.4. The Morgan fingerprint density at radius 3 is 2.18 bits per heavy atom. The van der Waals surface area contributed by atoms with Gasteiger partial charge in [0.2, 0.25) is 0 Å². The van der Waals surface area contributed by atoms with Crippen molar-refractivity contribution in [3.05, 3.63) is 89.5 Å². The van der Waals surface area contributed by atoms with Crippen molar-refractivity contribution in [3.8, 4) is 28.2 Å². The van der Waals surface area contributed by atoms with Crippen molar-refractivity contribution in [3.63, 3.8) is 0 Å². The van der Waals surface area contributed by atoms with E-state index < -0.39 is 39.6 Å². The third-order valence-electron chi connectivity index (χ3n) is 5.98. The molecule has 0 atom stereocenters.